The lowest BCUT2D eigenvalue weighted by Gasteiger charge is -2.31. The molecule has 1 fully saturated rings. The van der Waals surface area contributed by atoms with Gasteiger partial charge in [-0.3, -0.25) is 9.78 Å². The van der Waals surface area contributed by atoms with Crippen molar-refractivity contribution in [3.63, 3.8) is 0 Å². The highest BCUT2D eigenvalue weighted by Gasteiger charge is 2.35. The molecular weight excluding hydrogens is 240 g/mol. The van der Waals surface area contributed by atoms with Gasteiger partial charge < -0.3 is 10.5 Å². The molecular formula is C12H15ClN2O2. The zero-order valence-corrected chi connectivity index (χ0v) is 10.2. The number of carbonyl (C=O) groups excluding carboxylic acids is 1. The van der Waals surface area contributed by atoms with Crippen molar-refractivity contribution in [3.05, 3.63) is 29.0 Å². The van der Waals surface area contributed by atoms with E-state index < -0.39 is 5.54 Å². The lowest BCUT2D eigenvalue weighted by molar-refractivity contribution is -0.126. The van der Waals surface area contributed by atoms with Crippen LogP contribution in [0.15, 0.2) is 18.5 Å². The topological polar surface area (TPSA) is 65.2 Å². The van der Waals surface area contributed by atoms with E-state index in [0.29, 0.717) is 31.1 Å². The highest BCUT2D eigenvalue weighted by Crippen LogP contribution is 2.22. The molecule has 0 bridgehead atoms. The summed E-state index contributed by atoms with van der Waals surface area (Å²) < 4.78 is 5.22. The molecule has 0 spiro atoms. The molecule has 0 unspecified atom stereocenters. The summed E-state index contributed by atoms with van der Waals surface area (Å²) in [5.41, 5.74) is 6.13. The second kappa shape index (κ2) is 5.12. The van der Waals surface area contributed by atoms with Crippen LogP contribution in [-0.2, 0) is 16.0 Å². The fraction of sp³-hybridized carbons (Fsp3) is 0.500. The number of ether oxygens (including phenoxy) is 1. The zero-order chi connectivity index (χ0) is 12.3. The fourth-order valence-corrected chi connectivity index (χ4v) is 2.10. The van der Waals surface area contributed by atoms with Crippen LogP contribution >= 0.6 is 11.6 Å². The van der Waals surface area contributed by atoms with Gasteiger partial charge in [-0.25, -0.2) is 0 Å². The van der Waals surface area contributed by atoms with Gasteiger partial charge in [0.15, 0.2) is 5.78 Å². The van der Waals surface area contributed by atoms with Gasteiger partial charge in [-0.2, -0.15) is 0 Å². The van der Waals surface area contributed by atoms with Crippen LogP contribution in [0.25, 0.3) is 0 Å². The molecule has 2 rings (SSSR count). The summed E-state index contributed by atoms with van der Waals surface area (Å²) in [5, 5.41) is 0.511. The van der Waals surface area contributed by atoms with Gasteiger partial charge in [-0.15, -0.1) is 0 Å². The van der Waals surface area contributed by atoms with Crippen molar-refractivity contribution in [3.8, 4) is 0 Å². The minimum absolute atomic E-state index is 0.0221. The Morgan fingerprint density at radius 2 is 2.24 bits per heavy atom. The van der Waals surface area contributed by atoms with E-state index in [1.165, 1.54) is 6.20 Å². The van der Waals surface area contributed by atoms with Gasteiger partial charge in [0.25, 0.3) is 0 Å². The Kier molecular flexibility index (Phi) is 3.76. The predicted molar refractivity (Wildman–Crippen MR) is 64.9 cm³/mol. The molecule has 4 nitrogen and oxygen atoms in total. The number of ketones is 1. The summed E-state index contributed by atoms with van der Waals surface area (Å²) in [6.07, 6.45) is 4.58. The molecule has 0 radical (unpaired) electrons. The molecule has 1 aromatic rings. The lowest BCUT2D eigenvalue weighted by atomic mass is 9.84. The molecule has 1 aliphatic heterocycles. The van der Waals surface area contributed by atoms with E-state index in [4.69, 9.17) is 22.1 Å². The molecule has 2 heterocycles. The van der Waals surface area contributed by atoms with Crippen molar-refractivity contribution in [2.45, 2.75) is 24.8 Å². The maximum Gasteiger partial charge on any atom is 0.157 e. The number of hydrogen-bond acceptors (Lipinski definition) is 4. The third-order valence-corrected chi connectivity index (χ3v) is 3.49. The average Bonchev–Trinajstić information content (AvgIpc) is 2.33. The van der Waals surface area contributed by atoms with E-state index in [1.54, 1.807) is 12.3 Å². The first-order valence-corrected chi connectivity index (χ1v) is 5.98. The lowest BCUT2D eigenvalue weighted by Crippen LogP contribution is -2.52. The molecule has 0 amide bonds. The molecule has 0 atom stereocenters. The normalized spacial score (nSPS) is 18.9. The summed E-state index contributed by atoms with van der Waals surface area (Å²) in [6, 6.07) is 1.75. The minimum atomic E-state index is -0.759. The van der Waals surface area contributed by atoms with Crippen molar-refractivity contribution in [2.75, 3.05) is 13.2 Å². The number of aromatic nitrogens is 1. The molecule has 1 aliphatic rings. The highest BCUT2D eigenvalue weighted by molar-refractivity contribution is 6.31. The number of pyridine rings is 1. The van der Waals surface area contributed by atoms with Crippen LogP contribution in [0.2, 0.25) is 5.02 Å². The molecule has 1 saturated heterocycles. The van der Waals surface area contributed by atoms with Gasteiger partial charge in [0.2, 0.25) is 0 Å². The fourth-order valence-electron chi connectivity index (χ4n) is 1.91. The van der Waals surface area contributed by atoms with Crippen LogP contribution in [0, 0.1) is 0 Å². The van der Waals surface area contributed by atoms with Crippen LogP contribution in [0.1, 0.15) is 18.4 Å². The first kappa shape index (κ1) is 12.5. The first-order valence-electron chi connectivity index (χ1n) is 5.60. The van der Waals surface area contributed by atoms with Crippen LogP contribution in [0.3, 0.4) is 0 Å². The summed E-state index contributed by atoms with van der Waals surface area (Å²) in [6.45, 7) is 1.10. The Morgan fingerprint density at radius 1 is 1.53 bits per heavy atom. The van der Waals surface area contributed by atoms with E-state index in [0.717, 1.165) is 5.56 Å². The maximum absolute atomic E-state index is 12.2. The number of nitrogens with two attached hydrogens (primary N) is 1. The smallest absolute Gasteiger partial charge is 0.157 e. The quantitative estimate of drug-likeness (QED) is 0.885. The third kappa shape index (κ3) is 2.83. The Labute approximate surface area is 105 Å². The minimum Gasteiger partial charge on any atom is -0.381 e. The Morgan fingerprint density at radius 3 is 2.88 bits per heavy atom. The second-order valence-corrected chi connectivity index (χ2v) is 4.74. The Hall–Kier alpha value is -0.970. The second-order valence-electron chi connectivity index (χ2n) is 4.34. The van der Waals surface area contributed by atoms with Crippen molar-refractivity contribution in [1.29, 1.82) is 0 Å². The van der Waals surface area contributed by atoms with Crippen molar-refractivity contribution < 1.29 is 9.53 Å². The van der Waals surface area contributed by atoms with E-state index in [-0.39, 0.29) is 12.2 Å². The average molecular weight is 255 g/mol. The summed E-state index contributed by atoms with van der Waals surface area (Å²) >= 11 is 5.97. The number of Topliss-reactive ketones (excluding diaryl/α,β-unsaturated/α-hetero) is 1. The van der Waals surface area contributed by atoms with Gasteiger partial charge in [-0.05, 0) is 24.5 Å². The van der Waals surface area contributed by atoms with Crippen molar-refractivity contribution in [2.24, 2.45) is 5.73 Å². The molecule has 5 heteroatoms. The van der Waals surface area contributed by atoms with Gasteiger partial charge in [0.1, 0.15) is 0 Å². The predicted octanol–water partition coefficient (Wildman–Crippen LogP) is 1.35. The van der Waals surface area contributed by atoms with Gasteiger partial charge in [0, 0.05) is 32.0 Å². The molecule has 0 saturated carbocycles. The van der Waals surface area contributed by atoms with Crippen molar-refractivity contribution in [1.82, 2.24) is 4.98 Å². The molecule has 1 aromatic heterocycles. The SMILES string of the molecule is NC1(C(=O)Cc2ccncc2Cl)CCOCC1. The van der Waals surface area contributed by atoms with Crippen LogP contribution in [0.5, 0.6) is 0 Å². The number of carbonyl (C=O) groups is 1. The monoisotopic (exact) mass is 254 g/mol. The van der Waals surface area contributed by atoms with E-state index in [1.807, 2.05) is 0 Å². The van der Waals surface area contributed by atoms with E-state index in [9.17, 15) is 4.79 Å². The van der Waals surface area contributed by atoms with Gasteiger partial charge >= 0.3 is 0 Å². The molecule has 2 N–H and O–H groups in total. The molecule has 0 aliphatic carbocycles. The maximum atomic E-state index is 12.2. The number of nitrogens with zero attached hydrogens (tertiary/aromatic N) is 1. The van der Waals surface area contributed by atoms with E-state index in [2.05, 4.69) is 4.98 Å². The summed E-state index contributed by atoms with van der Waals surface area (Å²) in [4.78, 5) is 16.1. The van der Waals surface area contributed by atoms with Crippen molar-refractivity contribution >= 4 is 17.4 Å². The zero-order valence-electron chi connectivity index (χ0n) is 9.49. The standard InChI is InChI=1S/C12H15ClN2O2/c13-10-8-15-4-1-9(10)7-11(16)12(14)2-5-17-6-3-12/h1,4,8H,2-3,5-7,14H2. The molecule has 17 heavy (non-hydrogen) atoms. The number of hydrogen-bond donors (Lipinski definition) is 1. The first-order chi connectivity index (χ1) is 8.12. The molecule has 92 valence electrons. The highest BCUT2D eigenvalue weighted by atomic mass is 35.5. The summed E-state index contributed by atoms with van der Waals surface area (Å²) in [7, 11) is 0. The van der Waals surface area contributed by atoms with Crippen LogP contribution in [0.4, 0.5) is 0 Å². The third-order valence-electron chi connectivity index (χ3n) is 3.15. The Bertz CT molecular complexity index is 417. The number of halogens is 1. The van der Waals surface area contributed by atoms with Gasteiger partial charge in [0.05, 0.1) is 10.6 Å². The van der Waals surface area contributed by atoms with Crippen LogP contribution in [-0.4, -0.2) is 29.5 Å². The van der Waals surface area contributed by atoms with Gasteiger partial charge in [-0.1, -0.05) is 11.6 Å². The summed E-state index contributed by atoms with van der Waals surface area (Å²) in [5.74, 6) is 0.0221. The number of rotatable bonds is 3. The Balaban J connectivity index is 2.08. The van der Waals surface area contributed by atoms with Crippen LogP contribution < -0.4 is 5.73 Å². The molecule has 0 aromatic carbocycles. The van der Waals surface area contributed by atoms with E-state index >= 15 is 0 Å². The largest absolute Gasteiger partial charge is 0.381 e.